The number of thioether (sulfide) groups is 1. The van der Waals surface area contributed by atoms with E-state index in [4.69, 9.17) is 9.47 Å². The molecule has 0 aliphatic rings. The highest BCUT2D eigenvalue weighted by molar-refractivity contribution is 8.14. The van der Waals surface area contributed by atoms with Gasteiger partial charge in [-0.25, -0.2) is 14.4 Å². The maximum atomic E-state index is 12.4. The monoisotopic (exact) mass is 423 g/mol. The van der Waals surface area contributed by atoms with Crippen LogP contribution in [0.1, 0.15) is 41.5 Å². The van der Waals surface area contributed by atoms with Crippen LogP contribution in [-0.4, -0.2) is 59.8 Å². The van der Waals surface area contributed by atoms with Crippen molar-refractivity contribution in [3.8, 4) is 0 Å². The van der Waals surface area contributed by atoms with E-state index in [1.165, 1.54) is 13.8 Å². The Bertz CT molecular complexity index is 590. The highest BCUT2D eigenvalue weighted by Crippen LogP contribution is 2.31. The summed E-state index contributed by atoms with van der Waals surface area (Å²) in [5, 5.41) is 1.43. The van der Waals surface area contributed by atoms with Crippen LogP contribution in [0.5, 0.6) is 0 Å². The first-order valence-corrected chi connectivity index (χ1v) is 8.93. The zero-order valence-corrected chi connectivity index (χ0v) is 17.4. The average Bonchev–Trinajstić information content (AvgIpc) is 2.50. The molecule has 1 N–H and O–H groups in total. The number of carbonyl (C=O) groups is 5. The normalized spacial score (nSPS) is 11.8. The summed E-state index contributed by atoms with van der Waals surface area (Å²) in [6.07, 6.45) is -1.54. The predicted octanol–water partition coefficient (Wildman–Crippen LogP) is 1.72. The molecule has 0 heterocycles. The number of amides is 1. The fraction of sp³-hybridized carbons (Fsp3) is 0.688. The van der Waals surface area contributed by atoms with Crippen LogP contribution in [0.3, 0.4) is 0 Å². The fourth-order valence-electron chi connectivity index (χ4n) is 1.61. The molecule has 0 aromatic carbocycles. The van der Waals surface area contributed by atoms with Gasteiger partial charge >= 0.3 is 29.3 Å². The molecule has 0 radical (unpaired) electrons. The molecule has 28 heavy (non-hydrogen) atoms. The van der Waals surface area contributed by atoms with Gasteiger partial charge in [-0.05, 0) is 39.5 Å². The lowest BCUT2D eigenvalue weighted by atomic mass is 10.0. The summed E-state index contributed by atoms with van der Waals surface area (Å²) in [4.78, 5) is 57.6. The number of alkyl carbamates (subject to hydrolysis) is 1. The maximum Gasteiger partial charge on any atom is 0.410 e. The summed E-state index contributed by atoms with van der Waals surface area (Å²) in [6.45, 7) is 7.25. The third-order valence-corrected chi connectivity index (χ3v) is 3.83. The van der Waals surface area contributed by atoms with E-state index in [2.05, 4.69) is 19.5 Å². The molecular weight excluding hydrogens is 398 g/mol. The number of ether oxygens (including phenoxy) is 5. The van der Waals surface area contributed by atoms with Crippen LogP contribution in [-0.2, 0) is 38.1 Å². The van der Waals surface area contributed by atoms with Crippen LogP contribution in [0.25, 0.3) is 0 Å². The van der Waals surface area contributed by atoms with Crippen LogP contribution in [0.2, 0.25) is 0 Å². The van der Waals surface area contributed by atoms with Gasteiger partial charge in [0.25, 0.3) is 0 Å². The zero-order chi connectivity index (χ0) is 21.9. The predicted molar refractivity (Wildman–Crippen MR) is 96.0 cm³/mol. The van der Waals surface area contributed by atoms with Crippen molar-refractivity contribution in [2.75, 3.05) is 13.6 Å². The van der Waals surface area contributed by atoms with Crippen LogP contribution >= 0.6 is 11.8 Å². The smallest absolute Gasteiger partial charge is 0.410 e. The van der Waals surface area contributed by atoms with E-state index in [-0.39, 0.29) is 0 Å². The first-order valence-electron chi connectivity index (χ1n) is 8.11. The highest BCUT2D eigenvalue weighted by Gasteiger charge is 2.41. The molecular formula is C16H25NO10S. The minimum Gasteiger partial charge on any atom is -0.461 e. The molecule has 1 amide bonds. The quantitative estimate of drug-likeness (QED) is 0.329. The van der Waals surface area contributed by atoms with Gasteiger partial charge in [0.05, 0.1) is 10.9 Å². The first kappa shape index (κ1) is 25.5. The Morgan fingerprint density at radius 3 is 1.86 bits per heavy atom. The number of carbonyl (C=O) groups excluding carboxylic acids is 5. The third-order valence-electron chi connectivity index (χ3n) is 2.78. The van der Waals surface area contributed by atoms with Crippen molar-refractivity contribution < 1.29 is 47.7 Å². The van der Waals surface area contributed by atoms with Crippen molar-refractivity contribution >= 4 is 41.1 Å². The van der Waals surface area contributed by atoms with Gasteiger partial charge in [0, 0.05) is 13.8 Å². The Balaban J connectivity index is 5.06. The second-order valence-electron chi connectivity index (χ2n) is 6.10. The first-order chi connectivity index (χ1) is 12.8. The summed E-state index contributed by atoms with van der Waals surface area (Å²) < 4.78 is 22.2. The second-order valence-corrected chi connectivity index (χ2v) is 7.69. The Morgan fingerprint density at radius 1 is 0.893 bits per heavy atom. The SMILES string of the molecule is CC(=O)OCOC(=O)N[C@@H](C(=O)OC(C)C)C(C)(C)SC(=O)OCOC(C)=O. The van der Waals surface area contributed by atoms with Gasteiger partial charge in [-0.3, -0.25) is 9.59 Å². The molecule has 0 aromatic rings. The minimum atomic E-state index is -1.31. The maximum absolute atomic E-state index is 12.4. The lowest BCUT2D eigenvalue weighted by Gasteiger charge is -2.31. The molecule has 0 aliphatic heterocycles. The largest absolute Gasteiger partial charge is 0.461 e. The Kier molecular flexibility index (Phi) is 11.0. The molecule has 11 nitrogen and oxygen atoms in total. The molecule has 0 fully saturated rings. The van der Waals surface area contributed by atoms with Crippen LogP contribution in [0.15, 0.2) is 0 Å². The van der Waals surface area contributed by atoms with E-state index in [0.29, 0.717) is 11.8 Å². The van der Waals surface area contributed by atoms with Crippen molar-refractivity contribution in [1.82, 2.24) is 5.32 Å². The van der Waals surface area contributed by atoms with Crippen molar-refractivity contribution in [2.45, 2.75) is 58.4 Å². The van der Waals surface area contributed by atoms with Crippen LogP contribution in [0, 0.1) is 0 Å². The van der Waals surface area contributed by atoms with Crippen molar-refractivity contribution in [3.05, 3.63) is 0 Å². The molecule has 1 atom stereocenters. The molecule has 0 spiro atoms. The molecule has 0 rings (SSSR count). The van der Waals surface area contributed by atoms with Gasteiger partial charge in [-0.2, -0.15) is 0 Å². The Morgan fingerprint density at radius 2 is 1.39 bits per heavy atom. The van der Waals surface area contributed by atoms with E-state index < -0.39 is 59.8 Å². The summed E-state index contributed by atoms with van der Waals surface area (Å²) in [5.74, 6) is -2.10. The second kappa shape index (κ2) is 12.1. The zero-order valence-electron chi connectivity index (χ0n) is 16.6. The van der Waals surface area contributed by atoms with Gasteiger partial charge in [0.1, 0.15) is 6.04 Å². The molecule has 0 bridgehead atoms. The van der Waals surface area contributed by atoms with Crippen molar-refractivity contribution in [2.24, 2.45) is 0 Å². The molecule has 12 heteroatoms. The molecule has 0 aliphatic carbocycles. The molecule has 0 aromatic heterocycles. The van der Waals surface area contributed by atoms with Crippen LogP contribution < -0.4 is 5.32 Å². The van der Waals surface area contributed by atoms with Crippen LogP contribution in [0.4, 0.5) is 9.59 Å². The standard InChI is InChI=1S/C16H25NO10S/c1-9(2)27-13(20)12(17-14(21)25-7-23-10(3)18)16(5,6)28-15(22)26-8-24-11(4)19/h9,12H,7-8H2,1-6H3,(H,17,21)/t12-/m0/s1. The van der Waals surface area contributed by atoms with Gasteiger partial charge in [-0.1, -0.05) is 0 Å². The summed E-state index contributed by atoms with van der Waals surface area (Å²) in [7, 11) is 0. The number of nitrogens with one attached hydrogen (secondary N) is 1. The lowest BCUT2D eigenvalue weighted by molar-refractivity contribution is -0.152. The van der Waals surface area contributed by atoms with E-state index in [1.807, 2.05) is 0 Å². The third kappa shape index (κ3) is 11.3. The number of hydrogen-bond acceptors (Lipinski definition) is 11. The van der Waals surface area contributed by atoms with Gasteiger partial charge in [0.15, 0.2) is 0 Å². The summed E-state index contributed by atoms with van der Waals surface area (Å²) in [6, 6.07) is -1.31. The van der Waals surface area contributed by atoms with Gasteiger partial charge in [-0.15, -0.1) is 0 Å². The number of rotatable bonds is 9. The topological polar surface area (TPSA) is 144 Å². The molecule has 160 valence electrons. The van der Waals surface area contributed by atoms with E-state index >= 15 is 0 Å². The minimum absolute atomic E-state index is 0.481. The number of hydrogen-bond donors (Lipinski definition) is 1. The van der Waals surface area contributed by atoms with E-state index in [1.54, 1.807) is 13.8 Å². The van der Waals surface area contributed by atoms with E-state index in [9.17, 15) is 24.0 Å². The van der Waals surface area contributed by atoms with Gasteiger partial charge < -0.3 is 29.0 Å². The van der Waals surface area contributed by atoms with Crippen molar-refractivity contribution in [1.29, 1.82) is 0 Å². The average molecular weight is 423 g/mol. The van der Waals surface area contributed by atoms with Crippen molar-refractivity contribution in [3.63, 3.8) is 0 Å². The van der Waals surface area contributed by atoms with E-state index in [0.717, 1.165) is 13.8 Å². The molecule has 0 saturated heterocycles. The molecule has 0 saturated carbocycles. The number of esters is 3. The highest BCUT2D eigenvalue weighted by atomic mass is 32.2. The van der Waals surface area contributed by atoms with Gasteiger partial charge in [0.2, 0.25) is 13.6 Å². The Hall–Kier alpha value is -2.50. The lowest BCUT2D eigenvalue weighted by Crippen LogP contribution is -2.54. The summed E-state index contributed by atoms with van der Waals surface area (Å²) in [5.41, 5.74) is 0. The summed E-state index contributed by atoms with van der Waals surface area (Å²) >= 11 is 0.579. The Labute approximate surface area is 166 Å². The molecule has 0 unspecified atom stereocenters. The fourth-order valence-corrected chi connectivity index (χ4v) is 2.42.